The fourth-order valence-corrected chi connectivity index (χ4v) is 3.29. The highest BCUT2D eigenvalue weighted by atomic mass is 16.5. The highest BCUT2D eigenvalue weighted by Crippen LogP contribution is 2.16. The van der Waals surface area contributed by atoms with Crippen LogP contribution < -0.4 is 0 Å². The van der Waals surface area contributed by atoms with Crippen LogP contribution in [0.4, 0.5) is 0 Å². The summed E-state index contributed by atoms with van der Waals surface area (Å²) >= 11 is 0. The van der Waals surface area contributed by atoms with Gasteiger partial charge in [0.05, 0.1) is 45.3 Å². The average molecular weight is 512 g/mol. The third kappa shape index (κ3) is 22.1. The molecule has 0 aromatic carbocycles. The van der Waals surface area contributed by atoms with E-state index in [0.717, 1.165) is 25.7 Å². The number of hydrogen-bond acceptors (Lipinski definition) is 7. The number of carbonyl (C=O) groups excluding carboxylic acids is 2. The highest BCUT2D eigenvalue weighted by Gasteiger charge is 2.16. The Balaban J connectivity index is 0. The summed E-state index contributed by atoms with van der Waals surface area (Å²) in [5, 5.41) is 23.4. The smallest absolute Gasteiger partial charge is 0.309 e. The maximum Gasteiger partial charge on any atom is 0.309 e. The second-order valence-corrected chi connectivity index (χ2v) is 8.85. The lowest BCUT2D eigenvalue weighted by molar-refractivity contribution is -0.140. The van der Waals surface area contributed by atoms with Gasteiger partial charge in [-0.1, -0.05) is 88.7 Å². The van der Waals surface area contributed by atoms with Crippen LogP contribution >= 0.6 is 0 Å². The number of unbranched alkanes of at least 4 members (excludes halogenated alkanes) is 4. The maximum absolute atomic E-state index is 10.9. The fourth-order valence-electron chi connectivity index (χ4n) is 3.29. The quantitative estimate of drug-likeness (QED) is 0.0529. The lowest BCUT2D eigenvalue weighted by atomic mass is 9.95. The van der Waals surface area contributed by atoms with Crippen LogP contribution in [-0.2, 0) is 19.1 Å². The topological polar surface area (TPSA) is 142 Å². The highest BCUT2D eigenvalue weighted by molar-refractivity contribution is 5.71. The van der Waals surface area contributed by atoms with E-state index in [1.807, 2.05) is 6.08 Å². The Morgan fingerprint density at radius 3 is 1.75 bits per heavy atom. The Morgan fingerprint density at radius 1 is 0.833 bits per heavy atom. The molecule has 0 aliphatic heterocycles. The van der Waals surface area contributed by atoms with Gasteiger partial charge in [-0.05, 0) is 37.1 Å². The van der Waals surface area contributed by atoms with Gasteiger partial charge in [-0.2, -0.15) is 0 Å². The molecule has 0 aliphatic rings. The number of methoxy groups -OCH3 is 2. The molecule has 4 unspecified atom stereocenters. The van der Waals surface area contributed by atoms with Crippen molar-refractivity contribution in [3.05, 3.63) is 34.7 Å². The first-order valence-electron chi connectivity index (χ1n) is 13.1. The SMILES string of the molecule is CCCCCC(C)C(O)C/C=C/CC(=O)OC.CCCCCC(N=[N+]=[N-])C(O)C/C=C/CC(=O)OC. The second kappa shape index (κ2) is 25.7. The molecule has 4 atom stereocenters. The minimum Gasteiger partial charge on any atom is -0.469 e. The van der Waals surface area contributed by atoms with Crippen molar-refractivity contribution in [3.63, 3.8) is 0 Å². The summed E-state index contributed by atoms with van der Waals surface area (Å²) in [6, 6.07) is -0.403. The Hall–Kier alpha value is -2.35. The molecule has 0 radical (unpaired) electrons. The lowest BCUT2D eigenvalue weighted by Crippen LogP contribution is -2.23. The van der Waals surface area contributed by atoms with E-state index in [1.54, 1.807) is 18.2 Å². The predicted molar refractivity (Wildman–Crippen MR) is 143 cm³/mol. The van der Waals surface area contributed by atoms with E-state index in [0.29, 0.717) is 25.2 Å². The summed E-state index contributed by atoms with van der Waals surface area (Å²) in [5.74, 6) is -0.239. The van der Waals surface area contributed by atoms with E-state index >= 15 is 0 Å². The van der Waals surface area contributed by atoms with Gasteiger partial charge in [0.25, 0.3) is 0 Å². The number of esters is 2. The normalized spacial score (nSPS) is 14.3. The molecule has 208 valence electrons. The molecule has 0 aromatic rings. The zero-order chi connectivity index (χ0) is 27.6. The van der Waals surface area contributed by atoms with Crippen LogP contribution in [0.1, 0.15) is 97.8 Å². The molecule has 0 bridgehead atoms. The molecular formula is C27H49N3O6. The van der Waals surface area contributed by atoms with Gasteiger partial charge in [0.2, 0.25) is 0 Å². The Kier molecular flexibility index (Phi) is 25.6. The van der Waals surface area contributed by atoms with Gasteiger partial charge >= 0.3 is 11.9 Å². The third-order valence-corrected chi connectivity index (χ3v) is 5.78. The van der Waals surface area contributed by atoms with Crippen LogP contribution in [0.5, 0.6) is 0 Å². The minimum atomic E-state index is -0.707. The predicted octanol–water partition coefficient (Wildman–Crippen LogP) is 6.19. The maximum atomic E-state index is 10.9. The van der Waals surface area contributed by atoms with Crippen LogP contribution in [0.15, 0.2) is 29.4 Å². The fraction of sp³-hybridized carbons (Fsp3) is 0.778. The number of ether oxygens (including phenoxy) is 2. The van der Waals surface area contributed by atoms with E-state index in [4.69, 9.17) is 5.53 Å². The first-order valence-corrected chi connectivity index (χ1v) is 13.1. The zero-order valence-electron chi connectivity index (χ0n) is 23.0. The lowest BCUT2D eigenvalue weighted by Gasteiger charge is -2.16. The monoisotopic (exact) mass is 511 g/mol. The van der Waals surface area contributed by atoms with E-state index in [-0.39, 0.29) is 30.9 Å². The summed E-state index contributed by atoms with van der Waals surface area (Å²) < 4.78 is 9.01. The van der Waals surface area contributed by atoms with Crippen molar-refractivity contribution in [2.45, 2.75) is 116 Å². The summed E-state index contributed by atoms with van der Waals surface area (Å²) in [4.78, 5) is 24.5. The van der Waals surface area contributed by atoms with Crippen LogP contribution in [0.25, 0.3) is 10.4 Å². The van der Waals surface area contributed by atoms with Crippen LogP contribution in [0.2, 0.25) is 0 Å². The molecule has 0 rings (SSSR count). The molecular weight excluding hydrogens is 462 g/mol. The molecule has 9 heteroatoms. The number of rotatable bonds is 19. The summed E-state index contributed by atoms with van der Waals surface area (Å²) in [6.07, 6.45) is 15.9. The van der Waals surface area contributed by atoms with Crippen molar-refractivity contribution in [1.82, 2.24) is 0 Å². The van der Waals surface area contributed by atoms with Crippen LogP contribution in [-0.4, -0.2) is 54.6 Å². The van der Waals surface area contributed by atoms with Crippen molar-refractivity contribution < 1.29 is 29.3 Å². The van der Waals surface area contributed by atoms with Gasteiger partial charge in [0, 0.05) is 4.91 Å². The van der Waals surface area contributed by atoms with E-state index < -0.39 is 12.1 Å². The molecule has 0 amide bonds. The number of aliphatic hydroxyl groups excluding tert-OH is 2. The Labute approximate surface area is 217 Å². The molecule has 0 saturated carbocycles. The van der Waals surface area contributed by atoms with Crippen LogP contribution in [0, 0.1) is 5.92 Å². The first-order chi connectivity index (χ1) is 17.3. The van der Waals surface area contributed by atoms with Crippen molar-refractivity contribution in [2.24, 2.45) is 11.0 Å². The number of nitrogens with zero attached hydrogens (tertiary/aromatic N) is 3. The van der Waals surface area contributed by atoms with Gasteiger partial charge in [-0.3, -0.25) is 9.59 Å². The van der Waals surface area contributed by atoms with Gasteiger partial charge in [-0.25, -0.2) is 0 Å². The van der Waals surface area contributed by atoms with E-state index in [9.17, 15) is 19.8 Å². The third-order valence-electron chi connectivity index (χ3n) is 5.78. The Morgan fingerprint density at radius 2 is 1.31 bits per heavy atom. The minimum absolute atomic E-state index is 0.186. The standard InChI is InChI=1S/C14H26O3.C13H23N3O3/c1-4-5-6-9-12(2)13(15)10-7-8-11-14(16)17-3;1-3-4-5-8-11(15-16-14)12(17)9-6-7-10-13(18)19-2/h7-8,12-13,15H,4-6,9-11H2,1-3H3;6-7,11-12,17H,3-5,8-10H2,1-2H3/b8-7+;7-6+. The average Bonchev–Trinajstić information content (AvgIpc) is 2.88. The number of azide groups is 1. The zero-order valence-corrected chi connectivity index (χ0v) is 23.0. The molecule has 0 fully saturated rings. The van der Waals surface area contributed by atoms with Gasteiger partial charge in [0.1, 0.15) is 0 Å². The largest absolute Gasteiger partial charge is 0.469 e. The molecule has 0 aromatic heterocycles. The van der Waals surface area contributed by atoms with Crippen molar-refractivity contribution in [1.29, 1.82) is 0 Å². The summed E-state index contributed by atoms with van der Waals surface area (Å²) in [7, 11) is 2.71. The molecule has 2 N–H and O–H groups in total. The van der Waals surface area contributed by atoms with E-state index in [2.05, 4.69) is 40.3 Å². The van der Waals surface area contributed by atoms with Crippen LogP contribution in [0.3, 0.4) is 0 Å². The number of aliphatic hydroxyl groups is 2. The molecule has 9 nitrogen and oxygen atoms in total. The number of carbonyl (C=O) groups is 2. The molecule has 36 heavy (non-hydrogen) atoms. The molecule has 0 heterocycles. The number of hydrogen-bond donors (Lipinski definition) is 2. The summed E-state index contributed by atoms with van der Waals surface area (Å²) in [6.45, 7) is 6.35. The first kappa shape index (κ1) is 35.8. The van der Waals surface area contributed by atoms with Gasteiger partial charge in [0.15, 0.2) is 0 Å². The second-order valence-electron chi connectivity index (χ2n) is 8.85. The van der Waals surface area contributed by atoms with Crippen molar-refractivity contribution in [3.8, 4) is 0 Å². The van der Waals surface area contributed by atoms with E-state index in [1.165, 1.54) is 33.5 Å². The van der Waals surface area contributed by atoms with Gasteiger partial charge < -0.3 is 19.7 Å². The molecule has 0 saturated heterocycles. The van der Waals surface area contributed by atoms with Gasteiger partial charge in [-0.15, -0.1) is 0 Å². The van der Waals surface area contributed by atoms with Crippen molar-refractivity contribution in [2.75, 3.05) is 14.2 Å². The molecule has 0 spiro atoms. The van der Waals surface area contributed by atoms with Crippen molar-refractivity contribution >= 4 is 11.9 Å². The summed E-state index contributed by atoms with van der Waals surface area (Å²) in [5.41, 5.74) is 8.49. The Bertz CT molecular complexity index is 662. The molecule has 0 aliphatic carbocycles.